The molecule has 27 heavy (non-hydrogen) atoms. The van der Waals surface area contributed by atoms with E-state index in [-0.39, 0.29) is 5.82 Å². The van der Waals surface area contributed by atoms with Gasteiger partial charge in [0.25, 0.3) is 0 Å². The van der Waals surface area contributed by atoms with Crippen LogP contribution in [0.1, 0.15) is 13.8 Å². The summed E-state index contributed by atoms with van der Waals surface area (Å²) in [5.74, 6) is 0.697. The van der Waals surface area contributed by atoms with Gasteiger partial charge in [0.1, 0.15) is 17.3 Å². The lowest BCUT2D eigenvalue weighted by molar-refractivity contribution is 0.628. The number of aromatic amines is 1. The molecule has 136 valence electrons. The molecule has 0 saturated heterocycles. The topological polar surface area (TPSA) is 44.8 Å². The number of H-pyrrole nitrogens is 1. The summed E-state index contributed by atoms with van der Waals surface area (Å²) >= 11 is 0. The third-order valence-corrected chi connectivity index (χ3v) is 4.83. The summed E-state index contributed by atoms with van der Waals surface area (Å²) in [6.07, 6.45) is 3.56. The van der Waals surface area contributed by atoms with E-state index in [1.807, 2.05) is 12.1 Å². The minimum Gasteiger partial charge on any atom is -0.357 e. The van der Waals surface area contributed by atoms with Gasteiger partial charge in [-0.15, -0.1) is 0 Å². The Hall–Kier alpha value is -3.21. The fourth-order valence-electron chi connectivity index (χ4n) is 3.44. The highest BCUT2D eigenvalue weighted by atomic mass is 19.1. The Kier molecular flexibility index (Phi) is 4.59. The van der Waals surface area contributed by atoms with Gasteiger partial charge in [0, 0.05) is 36.4 Å². The maximum absolute atomic E-state index is 13.4. The van der Waals surface area contributed by atoms with Gasteiger partial charge in [0.15, 0.2) is 0 Å². The van der Waals surface area contributed by atoms with Crippen LogP contribution in [0.4, 0.5) is 10.2 Å². The highest BCUT2D eigenvalue weighted by Gasteiger charge is 2.17. The average molecular weight is 360 g/mol. The molecule has 0 aliphatic rings. The number of aromatic nitrogens is 3. The summed E-state index contributed by atoms with van der Waals surface area (Å²) in [6.45, 7) is 6.04. The highest BCUT2D eigenvalue weighted by Crippen LogP contribution is 2.38. The number of benzene rings is 1. The Bertz CT molecular complexity index is 1050. The normalized spacial score (nSPS) is 11.1. The maximum Gasteiger partial charge on any atom is 0.140 e. The molecule has 0 saturated carbocycles. The molecule has 5 heteroatoms. The van der Waals surface area contributed by atoms with Gasteiger partial charge < -0.3 is 9.88 Å². The van der Waals surface area contributed by atoms with Gasteiger partial charge >= 0.3 is 0 Å². The first-order valence-corrected chi connectivity index (χ1v) is 9.15. The monoisotopic (exact) mass is 360 g/mol. The van der Waals surface area contributed by atoms with Gasteiger partial charge in [-0.1, -0.05) is 0 Å². The van der Waals surface area contributed by atoms with E-state index in [1.165, 1.54) is 12.1 Å². The Balaban J connectivity index is 1.96. The molecule has 0 atom stereocenters. The van der Waals surface area contributed by atoms with Crippen molar-refractivity contribution in [2.45, 2.75) is 13.8 Å². The van der Waals surface area contributed by atoms with Crippen molar-refractivity contribution in [1.29, 1.82) is 0 Å². The molecule has 0 spiro atoms. The molecule has 0 fully saturated rings. The molecule has 4 rings (SSSR count). The van der Waals surface area contributed by atoms with Gasteiger partial charge in [0.2, 0.25) is 0 Å². The highest BCUT2D eigenvalue weighted by molar-refractivity contribution is 6.02. The van der Waals surface area contributed by atoms with E-state index in [1.54, 1.807) is 24.5 Å². The molecule has 0 unspecified atom stereocenters. The summed E-state index contributed by atoms with van der Waals surface area (Å²) < 4.78 is 13.4. The van der Waals surface area contributed by atoms with Crippen molar-refractivity contribution in [1.82, 2.24) is 15.0 Å². The number of rotatable bonds is 5. The number of nitrogens with one attached hydrogen (secondary N) is 1. The smallest absolute Gasteiger partial charge is 0.140 e. The van der Waals surface area contributed by atoms with E-state index < -0.39 is 0 Å². The van der Waals surface area contributed by atoms with E-state index in [2.05, 4.69) is 40.8 Å². The molecule has 0 aliphatic carbocycles. The minimum absolute atomic E-state index is 0.248. The summed E-state index contributed by atoms with van der Waals surface area (Å²) in [5.41, 5.74) is 4.78. The molecular weight excluding hydrogens is 339 g/mol. The Morgan fingerprint density at radius 1 is 0.889 bits per heavy atom. The van der Waals surface area contributed by atoms with Crippen molar-refractivity contribution in [2.75, 3.05) is 18.0 Å². The van der Waals surface area contributed by atoms with Crippen molar-refractivity contribution in [3.8, 4) is 22.4 Å². The van der Waals surface area contributed by atoms with Crippen molar-refractivity contribution in [3.05, 3.63) is 66.7 Å². The predicted octanol–water partition coefficient (Wildman–Crippen LogP) is 5.28. The van der Waals surface area contributed by atoms with E-state index in [4.69, 9.17) is 4.98 Å². The summed E-state index contributed by atoms with van der Waals surface area (Å²) in [5, 5.41) is 1.04. The second-order valence-electron chi connectivity index (χ2n) is 6.36. The molecule has 0 bridgehead atoms. The summed E-state index contributed by atoms with van der Waals surface area (Å²) in [6, 6.07) is 14.7. The van der Waals surface area contributed by atoms with Crippen LogP contribution in [-0.2, 0) is 0 Å². The Morgan fingerprint density at radius 2 is 1.59 bits per heavy atom. The molecule has 0 radical (unpaired) electrons. The summed E-state index contributed by atoms with van der Waals surface area (Å²) in [4.78, 5) is 14.6. The van der Waals surface area contributed by atoms with Crippen LogP contribution in [0.2, 0.25) is 0 Å². The standard InChI is InChI=1S/C22H21FN4/c1-3-27(4-2)19-10-9-18-20(15-11-13-24-14-12-15)21(26-22(18)25-19)16-5-7-17(23)8-6-16/h5-14H,3-4H2,1-2H3,(H,25,26). The first-order valence-electron chi connectivity index (χ1n) is 9.15. The minimum atomic E-state index is -0.248. The van der Waals surface area contributed by atoms with Gasteiger partial charge in [-0.3, -0.25) is 4.98 Å². The maximum atomic E-state index is 13.4. The SMILES string of the molecule is CCN(CC)c1ccc2c(-c3ccncc3)c(-c3ccc(F)cc3)[nH]c2n1. The van der Waals surface area contributed by atoms with Gasteiger partial charge in [-0.25, -0.2) is 9.37 Å². The molecule has 3 heterocycles. The van der Waals surface area contributed by atoms with E-state index >= 15 is 0 Å². The molecule has 1 N–H and O–H groups in total. The van der Waals surface area contributed by atoms with Gasteiger partial charge in [-0.05, 0) is 73.5 Å². The number of fused-ring (bicyclic) bond motifs is 1. The number of pyridine rings is 2. The van der Waals surface area contributed by atoms with Crippen LogP contribution in [0.15, 0.2) is 60.9 Å². The van der Waals surface area contributed by atoms with E-state index in [9.17, 15) is 4.39 Å². The number of nitrogens with zero attached hydrogens (tertiary/aromatic N) is 3. The third kappa shape index (κ3) is 3.16. The number of anilines is 1. The number of hydrogen-bond donors (Lipinski definition) is 1. The molecule has 0 aliphatic heterocycles. The lowest BCUT2D eigenvalue weighted by Gasteiger charge is -2.19. The molecular formula is C22H21FN4. The van der Waals surface area contributed by atoms with Crippen LogP contribution in [0.3, 0.4) is 0 Å². The van der Waals surface area contributed by atoms with Crippen molar-refractivity contribution >= 4 is 16.9 Å². The zero-order valence-electron chi connectivity index (χ0n) is 15.4. The lowest BCUT2D eigenvalue weighted by atomic mass is 10.00. The number of hydrogen-bond acceptors (Lipinski definition) is 3. The number of halogens is 1. The molecule has 4 aromatic rings. The fourth-order valence-corrected chi connectivity index (χ4v) is 3.44. The first kappa shape index (κ1) is 17.2. The largest absolute Gasteiger partial charge is 0.357 e. The van der Waals surface area contributed by atoms with Crippen LogP contribution < -0.4 is 4.90 Å². The Labute approximate surface area is 157 Å². The predicted molar refractivity (Wildman–Crippen MR) is 108 cm³/mol. The van der Waals surface area contributed by atoms with E-state index in [0.717, 1.165) is 52.3 Å². The third-order valence-electron chi connectivity index (χ3n) is 4.83. The van der Waals surface area contributed by atoms with Crippen LogP contribution in [-0.4, -0.2) is 28.0 Å². The second-order valence-corrected chi connectivity index (χ2v) is 6.36. The van der Waals surface area contributed by atoms with Gasteiger partial charge in [0.05, 0.1) is 5.69 Å². The lowest BCUT2D eigenvalue weighted by Crippen LogP contribution is -2.22. The van der Waals surface area contributed by atoms with Crippen molar-refractivity contribution in [3.63, 3.8) is 0 Å². The molecule has 4 nitrogen and oxygen atoms in total. The van der Waals surface area contributed by atoms with E-state index in [0.29, 0.717) is 0 Å². The molecule has 1 aromatic carbocycles. The van der Waals surface area contributed by atoms with Crippen LogP contribution in [0.25, 0.3) is 33.4 Å². The van der Waals surface area contributed by atoms with Gasteiger partial charge in [-0.2, -0.15) is 0 Å². The quantitative estimate of drug-likeness (QED) is 0.527. The van der Waals surface area contributed by atoms with Crippen molar-refractivity contribution < 1.29 is 4.39 Å². The zero-order chi connectivity index (χ0) is 18.8. The fraction of sp³-hybridized carbons (Fsp3) is 0.182. The second kappa shape index (κ2) is 7.19. The zero-order valence-corrected chi connectivity index (χ0v) is 15.4. The molecule has 0 amide bonds. The average Bonchev–Trinajstić information content (AvgIpc) is 3.09. The summed E-state index contributed by atoms with van der Waals surface area (Å²) in [7, 11) is 0. The van der Waals surface area contributed by atoms with Crippen molar-refractivity contribution in [2.24, 2.45) is 0 Å². The first-order chi connectivity index (χ1) is 13.2. The van der Waals surface area contributed by atoms with Crippen LogP contribution >= 0.6 is 0 Å². The van der Waals surface area contributed by atoms with Crippen LogP contribution in [0, 0.1) is 5.82 Å². The molecule has 3 aromatic heterocycles. The van der Waals surface area contributed by atoms with Crippen LogP contribution in [0.5, 0.6) is 0 Å². The Morgan fingerprint density at radius 3 is 2.26 bits per heavy atom.